The first-order chi connectivity index (χ1) is 10.2. The number of nitrogens with one attached hydrogen (secondary N) is 1. The van der Waals surface area contributed by atoms with Gasteiger partial charge in [-0.2, -0.15) is 0 Å². The van der Waals surface area contributed by atoms with Crippen molar-refractivity contribution in [3.05, 3.63) is 59.7 Å². The largest absolute Gasteiger partial charge is 0.497 e. The maximum absolute atomic E-state index is 13.2. The lowest BCUT2D eigenvalue weighted by Crippen LogP contribution is -2.05. The molecule has 1 unspecified atom stereocenters. The zero-order valence-electron chi connectivity index (χ0n) is 11.8. The van der Waals surface area contributed by atoms with Crippen molar-refractivity contribution >= 4 is 11.0 Å². The zero-order valence-corrected chi connectivity index (χ0v) is 11.8. The first-order valence-corrected chi connectivity index (χ1v) is 6.53. The summed E-state index contributed by atoms with van der Waals surface area (Å²) in [5.41, 5.74) is 2.31. The van der Waals surface area contributed by atoms with Crippen LogP contribution in [0, 0.1) is 5.82 Å². The summed E-state index contributed by atoms with van der Waals surface area (Å²) in [5, 5.41) is 0. The molecule has 21 heavy (non-hydrogen) atoms. The first-order valence-electron chi connectivity index (χ1n) is 6.53. The SMILES string of the molecule is COc1ccc(C(OC)c2nc3ccc(F)cc3[nH]2)cc1. The van der Waals surface area contributed by atoms with E-state index in [9.17, 15) is 4.39 Å². The highest BCUT2D eigenvalue weighted by Gasteiger charge is 2.17. The van der Waals surface area contributed by atoms with Gasteiger partial charge in [0.2, 0.25) is 0 Å². The Morgan fingerprint density at radius 2 is 1.86 bits per heavy atom. The van der Waals surface area contributed by atoms with E-state index in [4.69, 9.17) is 9.47 Å². The fraction of sp³-hybridized carbons (Fsp3) is 0.188. The van der Waals surface area contributed by atoms with E-state index in [2.05, 4.69) is 9.97 Å². The van der Waals surface area contributed by atoms with Crippen LogP contribution in [0.2, 0.25) is 0 Å². The molecule has 0 spiro atoms. The van der Waals surface area contributed by atoms with Gasteiger partial charge in [-0.15, -0.1) is 0 Å². The van der Waals surface area contributed by atoms with Crippen LogP contribution in [0.4, 0.5) is 4.39 Å². The Hall–Kier alpha value is -2.40. The lowest BCUT2D eigenvalue weighted by molar-refractivity contribution is 0.130. The number of ether oxygens (including phenoxy) is 2. The number of imidazole rings is 1. The summed E-state index contributed by atoms with van der Waals surface area (Å²) in [5.74, 6) is 1.12. The number of hydrogen-bond donors (Lipinski definition) is 1. The summed E-state index contributed by atoms with van der Waals surface area (Å²) < 4.78 is 23.9. The molecule has 108 valence electrons. The second kappa shape index (κ2) is 5.54. The lowest BCUT2D eigenvalue weighted by Gasteiger charge is -2.13. The molecule has 0 saturated heterocycles. The molecule has 3 rings (SSSR count). The van der Waals surface area contributed by atoms with Gasteiger partial charge in [0.05, 0.1) is 18.1 Å². The molecule has 1 heterocycles. The smallest absolute Gasteiger partial charge is 0.141 e. The van der Waals surface area contributed by atoms with Gasteiger partial charge in [0.1, 0.15) is 23.5 Å². The highest BCUT2D eigenvalue weighted by atomic mass is 19.1. The van der Waals surface area contributed by atoms with E-state index < -0.39 is 0 Å². The molecule has 1 aromatic heterocycles. The van der Waals surface area contributed by atoms with Crippen molar-refractivity contribution < 1.29 is 13.9 Å². The molecule has 0 bridgehead atoms. The summed E-state index contributed by atoms with van der Waals surface area (Å²) in [6, 6.07) is 12.0. The van der Waals surface area contributed by atoms with Crippen molar-refractivity contribution in [1.29, 1.82) is 0 Å². The molecule has 0 amide bonds. The Morgan fingerprint density at radius 1 is 1.10 bits per heavy atom. The molecule has 0 fully saturated rings. The maximum Gasteiger partial charge on any atom is 0.141 e. The monoisotopic (exact) mass is 286 g/mol. The highest BCUT2D eigenvalue weighted by molar-refractivity contribution is 5.75. The molecule has 2 aromatic carbocycles. The minimum absolute atomic E-state index is 0.295. The summed E-state index contributed by atoms with van der Waals surface area (Å²) in [7, 11) is 3.24. The predicted octanol–water partition coefficient (Wildman–Crippen LogP) is 3.45. The standard InChI is InChI=1S/C16H15FN2O2/c1-20-12-6-3-10(4-7-12)15(21-2)16-18-13-8-5-11(17)9-14(13)19-16/h3-9,15H,1-2H3,(H,18,19). The minimum Gasteiger partial charge on any atom is -0.497 e. The third kappa shape index (κ3) is 2.60. The van der Waals surface area contributed by atoms with Crippen molar-refractivity contribution in [1.82, 2.24) is 9.97 Å². The topological polar surface area (TPSA) is 47.1 Å². The number of aromatic amines is 1. The Morgan fingerprint density at radius 3 is 2.52 bits per heavy atom. The van der Waals surface area contributed by atoms with Crippen LogP contribution >= 0.6 is 0 Å². The van der Waals surface area contributed by atoms with Gasteiger partial charge in [0.25, 0.3) is 0 Å². The number of methoxy groups -OCH3 is 2. The van der Waals surface area contributed by atoms with E-state index in [1.165, 1.54) is 12.1 Å². The fourth-order valence-corrected chi connectivity index (χ4v) is 2.31. The zero-order chi connectivity index (χ0) is 14.8. The van der Waals surface area contributed by atoms with E-state index in [1.807, 2.05) is 24.3 Å². The van der Waals surface area contributed by atoms with Crippen LogP contribution in [0.25, 0.3) is 11.0 Å². The highest BCUT2D eigenvalue weighted by Crippen LogP contribution is 2.27. The average Bonchev–Trinajstić information content (AvgIpc) is 2.91. The second-order valence-corrected chi connectivity index (χ2v) is 4.67. The number of benzene rings is 2. The number of halogens is 1. The quantitative estimate of drug-likeness (QED) is 0.799. The summed E-state index contributed by atoms with van der Waals surface area (Å²) >= 11 is 0. The summed E-state index contributed by atoms with van der Waals surface area (Å²) in [6.07, 6.45) is -0.341. The Balaban J connectivity index is 2.00. The number of hydrogen-bond acceptors (Lipinski definition) is 3. The van der Waals surface area contributed by atoms with Crippen molar-refractivity contribution in [2.75, 3.05) is 14.2 Å². The van der Waals surface area contributed by atoms with Crippen LogP contribution in [0.5, 0.6) is 5.75 Å². The molecule has 0 aliphatic rings. The van der Waals surface area contributed by atoms with Crippen molar-refractivity contribution in [3.8, 4) is 5.75 Å². The van der Waals surface area contributed by atoms with Crippen molar-refractivity contribution in [2.45, 2.75) is 6.10 Å². The van der Waals surface area contributed by atoms with Crippen LogP contribution in [0.1, 0.15) is 17.5 Å². The van der Waals surface area contributed by atoms with Crippen molar-refractivity contribution in [3.63, 3.8) is 0 Å². The van der Waals surface area contributed by atoms with Gasteiger partial charge in [-0.1, -0.05) is 12.1 Å². The van der Waals surface area contributed by atoms with Gasteiger partial charge >= 0.3 is 0 Å². The lowest BCUT2D eigenvalue weighted by atomic mass is 10.1. The normalized spacial score (nSPS) is 12.5. The summed E-state index contributed by atoms with van der Waals surface area (Å²) in [6.45, 7) is 0. The van der Waals surface area contributed by atoms with Crippen LogP contribution in [-0.4, -0.2) is 24.2 Å². The average molecular weight is 286 g/mol. The van der Waals surface area contributed by atoms with Gasteiger partial charge in [0.15, 0.2) is 0 Å². The second-order valence-electron chi connectivity index (χ2n) is 4.67. The van der Waals surface area contributed by atoms with E-state index >= 15 is 0 Å². The number of H-pyrrole nitrogens is 1. The number of fused-ring (bicyclic) bond motifs is 1. The molecule has 1 atom stereocenters. The van der Waals surface area contributed by atoms with E-state index in [0.29, 0.717) is 16.9 Å². The van der Waals surface area contributed by atoms with Gasteiger partial charge in [-0.25, -0.2) is 9.37 Å². The third-order valence-electron chi connectivity index (χ3n) is 3.36. The van der Waals surface area contributed by atoms with Gasteiger partial charge in [0, 0.05) is 7.11 Å². The van der Waals surface area contributed by atoms with Crippen LogP contribution < -0.4 is 4.74 Å². The molecule has 3 aromatic rings. The molecule has 0 radical (unpaired) electrons. The number of nitrogens with zero attached hydrogens (tertiary/aromatic N) is 1. The molecule has 0 aliphatic heterocycles. The Kier molecular flexibility index (Phi) is 3.58. The number of aromatic nitrogens is 2. The molecule has 5 heteroatoms. The molecule has 0 saturated carbocycles. The van der Waals surface area contributed by atoms with E-state index in [-0.39, 0.29) is 11.9 Å². The molecule has 4 nitrogen and oxygen atoms in total. The molecule has 1 N–H and O–H groups in total. The van der Waals surface area contributed by atoms with E-state index in [0.717, 1.165) is 11.3 Å². The molecular weight excluding hydrogens is 271 g/mol. The predicted molar refractivity (Wildman–Crippen MR) is 77.9 cm³/mol. The van der Waals surface area contributed by atoms with Gasteiger partial charge < -0.3 is 14.5 Å². The van der Waals surface area contributed by atoms with Crippen LogP contribution in [-0.2, 0) is 4.74 Å². The van der Waals surface area contributed by atoms with Crippen LogP contribution in [0.3, 0.4) is 0 Å². The fourth-order valence-electron chi connectivity index (χ4n) is 2.31. The number of rotatable bonds is 4. The van der Waals surface area contributed by atoms with Gasteiger partial charge in [-0.05, 0) is 35.9 Å². The van der Waals surface area contributed by atoms with Crippen LogP contribution in [0.15, 0.2) is 42.5 Å². The third-order valence-corrected chi connectivity index (χ3v) is 3.36. The maximum atomic E-state index is 13.2. The first kappa shape index (κ1) is 13.6. The molecular formula is C16H15FN2O2. The molecule has 0 aliphatic carbocycles. The Labute approximate surface area is 121 Å². The van der Waals surface area contributed by atoms with E-state index in [1.54, 1.807) is 20.3 Å². The van der Waals surface area contributed by atoms with Crippen molar-refractivity contribution in [2.24, 2.45) is 0 Å². The minimum atomic E-state index is -0.341. The van der Waals surface area contributed by atoms with Gasteiger partial charge in [-0.3, -0.25) is 0 Å². The Bertz CT molecular complexity index is 753. The summed E-state index contributed by atoms with van der Waals surface area (Å²) in [4.78, 5) is 7.57.